The van der Waals surface area contributed by atoms with Gasteiger partial charge in [0.25, 0.3) is 15.9 Å². The number of nitrogens with two attached hydrogens (primary N) is 1. The van der Waals surface area contributed by atoms with E-state index in [0.29, 0.717) is 17.4 Å². The maximum Gasteiger partial charge on any atom is 0.417 e. The van der Waals surface area contributed by atoms with Gasteiger partial charge >= 0.3 is 6.18 Å². The monoisotopic (exact) mass is 546 g/mol. The molecule has 0 saturated heterocycles. The molecule has 0 spiro atoms. The van der Waals surface area contributed by atoms with Gasteiger partial charge in [-0.15, -0.1) is 0 Å². The van der Waals surface area contributed by atoms with Crippen molar-refractivity contribution in [3.05, 3.63) is 76.0 Å². The van der Waals surface area contributed by atoms with Gasteiger partial charge in [0, 0.05) is 23.6 Å². The lowest BCUT2D eigenvalue weighted by molar-refractivity contribution is -0.137. The summed E-state index contributed by atoms with van der Waals surface area (Å²) in [7, 11) is -4.60. The Balaban J connectivity index is 2.07. The van der Waals surface area contributed by atoms with Crippen molar-refractivity contribution in [2.45, 2.75) is 31.0 Å². The molecule has 1 amide bonds. The molecule has 0 bridgehead atoms. The molecule has 0 atom stereocenters. The molecule has 1 aromatic heterocycles. The van der Waals surface area contributed by atoms with E-state index in [1.165, 1.54) is 4.90 Å². The van der Waals surface area contributed by atoms with Crippen LogP contribution in [0.15, 0.2) is 59.6 Å². The fourth-order valence-electron chi connectivity index (χ4n) is 3.22. The van der Waals surface area contributed by atoms with E-state index in [0.717, 1.165) is 24.4 Å². The minimum atomic E-state index is -4.88. The van der Waals surface area contributed by atoms with Crippen LogP contribution in [0.25, 0.3) is 0 Å². The zero-order chi connectivity index (χ0) is 26.1. The standard InChI is InChI=1S/C22H19Cl2F3N4O3S/c1-12(2)31(15-5-3-4-14(28)9-15)21(32)20-19(8-13(23)11-29-20)30-35(33,34)16-6-7-18(24)17(10-16)22(25,26)27/h3-12,30H,28H2,1-2H3. The van der Waals surface area contributed by atoms with Crippen molar-refractivity contribution in [2.24, 2.45) is 0 Å². The number of nitrogen functional groups attached to an aromatic ring is 1. The fourth-order valence-corrected chi connectivity index (χ4v) is 4.68. The lowest BCUT2D eigenvalue weighted by atomic mass is 10.2. The molecule has 0 unspecified atom stereocenters. The minimum absolute atomic E-state index is 0.00797. The lowest BCUT2D eigenvalue weighted by Gasteiger charge is -2.27. The highest BCUT2D eigenvalue weighted by Crippen LogP contribution is 2.36. The van der Waals surface area contributed by atoms with Crippen LogP contribution in [-0.2, 0) is 16.2 Å². The van der Waals surface area contributed by atoms with Crippen molar-refractivity contribution < 1.29 is 26.4 Å². The highest BCUT2D eigenvalue weighted by atomic mass is 35.5. The molecule has 0 aliphatic carbocycles. The number of rotatable bonds is 6. The first-order chi connectivity index (χ1) is 16.2. The summed E-state index contributed by atoms with van der Waals surface area (Å²) >= 11 is 11.6. The van der Waals surface area contributed by atoms with E-state index in [-0.39, 0.29) is 16.4 Å². The molecule has 0 aliphatic rings. The van der Waals surface area contributed by atoms with E-state index in [1.54, 1.807) is 38.1 Å². The smallest absolute Gasteiger partial charge is 0.399 e. The van der Waals surface area contributed by atoms with Gasteiger partial charge in [0.1, 0.15) is 0 Å². The average Bonchev–Trinajstić information content (AvgIpc) is 2.72. The fraction of sp³-hybridized carbons (Fsp3) is 0.182. The van der Waals surface area contributed by atoms with Crippen LogP contribution < -0.4 is 15.4 Å². The van der Waals surface area contributed by atoms with Crippen LogP contribution in [-0.4, -0.2) is 25.4 Å². The van der Waals surface area contributed by atoms with Crippen molar-refractivity contribution in [1.82, 2.24) is 4.98 Å². The van der Waals surface area contributed by atoms with E-state index in [9.17, 15) is 26.4 Å². The van der Waals surface area contributed by atoms with Crippen LogP contribution in [0.3, 0.4) is 0 Å². The normalized spacial score (nSPS) is 12.0. The van der Waals surface area contributed by atoms with Crippen LogP contribution in [0.5, 0.6) is 0 Å². The number of aromatic nitrogens is 1. The number of nitrogens with one attached hydrogen (secondary N) is 1. The summed E-state index contributed by atoms with van der Waals surface area (Å²) in [5, 5.41) is -0.669. The Kier molecular flexibility index (Phi) is 7.53. The van der Waals surface area contributed by atoms with Crippen LogP contribution in [0.1, 0.15) is 29.9 Å². The van der Waals surface area contributed by atoms with Gasteiger partial charge < -0.3 is 10.6 Å². The van der Waals surface area contributed by atoms with E-state index in [2.05, 4.69) is 9.71 Å². The topological polar surface area (TPSA) is 105 Å². The molecule has 13 heteroatoms. The van der Waals surface area contributed by atoms with Gasteiger partial charge in [-0.25, -0.2) is 13.4 Å². The quantitative estimate of drug-likeness (QED) is 0.377. The molecule has 0 aliphatic heterocycles. The molecule has 3 aromatic rings. The van der Waals surface area contributed by atoms with Gasteiger partial charge in [-0.05, 0) is 56.3 Å². The highest BCUT2D eigenvalue weighted by Gasteiger charge is 2.35. The van der Waals surface area contributed by atoms with Gasteiger partial charge in [0.2, 0.25) is 0 Å². The molecule has 3 N–H and O–H groups in total. The lowest BCUT2D eigenvalue weighted by Crippen LogP contribution is -2.38. The number of anilines is 3. The summed E-state index contributed by atoms with van der Waals surface area (Å²) in [5.41, 5.74) is 4.70. The first-order valence-corrected chi connectivity index (χ1v) is 12.2. The van der Waals surface area contributed by atoms with Crippen molar-refractivity contribution in [3.8, 4) is 0 Å². The van der Waals surface area contributed by atoms with Crippen molar-refractivity contribution in [1.29, 1.82) is 0 Å². The Labute approximate surface area is 209 Å². The number of alkyl halides is 3. The average molecular weight is 547 g/mol. The van der Waals surface area contributed by atoms with Crippen LogP contribution in [0, 0.1) is 0 Å². The van der Waals surface area contributed by atoms with E-state index in [4.69, 9.17) is 28.9 Å². The predicted molar refractivity (Wildman–Crippen MR) is 129 cm³/mol. The number of halogens is 5. The number of carbonyl (C=O) groups is 1. The second-order valence-electron chi connectivity index (χ2n) is 7.66. The zero-order valence-electron chi connectivity index (χ0n) is 18.3. The van der Waals surface area contributed by atoms with E-state index >= 15 is 0 Å². The van der Waals surface area contributed by atoms with E-state index in [1.807, 2.05) is 0 Å². The summed E-state index contributed by atoms with van der Waals surface area (Å²) in [6.45, 7) is 3.46. The Morgan fingerprint density at radius 2 is 1.80 bits per heavy atom. The molecule has 35 heavy (non-hydrogen) atoms. The molecule has 3 rings (SSSR count). The van der Waals surface area contributed by atoms with Gasteiger partial charge in [-0.2, -0.15) is 13.2 Å². The molecule has 2 aromatic carbocycles. The largest absolute Gasteiger partial charge is 0.417 e. The number of nitrogens with zero attached hydrogens (tertiary/aromatic N) is 2. The Bertz CT molecular complexity index is 1380. The molecular formula is C22H19Cl2F3N4O3S. The Morgan fingerprint density at radius 1 is 1.11 bits per heavy atom. The number of hydrogen-bond acceptors (Lipinski definition) is 5. The Morgan fingerprint density at radius 3 is 2.40 bits per heavy atom. The first-order valence-electron chi connectivity index (χ1n) is 9.95. The second kappa shape index (κ2) is 9.92. The highest BCUT2D eigenvalue weighted by molar-refractivity contribution is 7.92. The molecule has 0 saturated carbocycles. The van der Waals surface area contributed by atoms with Gasteiger partial charge in [-0.1, -0.05) is 29.3 Å². The SMILES string of the molecule is CC(C)N(C(=O)c1ncc(Cl)cc1NS(=O)(=O)c1ccc(Cl)c(C(F)(F)F)c1)c1cccc(N)c1. The minimum Gasteiger partial charge on any atom is -0.399 e. The molecule has 1 heterocycles. The summed E-state index contributed by atoms with van der Waals surface area (Å²) < 4.78 is 67.8. The first kappa shape index (κ1) is 26.6. The number of amides is 1. The maximum atomic E-state index is 13.5. The third kappa shape index (κ3) is 5.98. The number of sulfonamides is 1. The number of carbonyl (C=O) groups excluding carboxylic acids is 1. The second-order valence-corrected chi connectivity index (χ2v) is 10.2. The molecule has 0 fully saturated rings. The molecule has 186 valence electrons. The summed E-state index contributed by atoms with van der Waals surface area (Å²) in [4.78, 5) is 18.1. The summed E-state index contributed by atoms with van der Waals surface area (Å²) in [5.74, 6) is -0.688. The maximum absolute atomic E-state index is 13.5. The third-order valence-electron chi connectivity index (χ3n) is 4.74. The zero-order valence-corrected chi connectivity index (χ0v) is 20.6. The van der Waals surface area contributed by atoms with Crippen molar-refractivity contribution in [3.63, 3.8) is 0 Å². The van der Waals surface area contributed by atoms with E-state index < -0.39 is 43.6 Å². The van der Waals surface area contributed by atoms with Gasteiger partial charge in [0.15, 0.2) is 5.69 Å². The van der Waals surface area contributed by atoms with Gasteiger partial charge in [-0.3, -0.25) is 9.52 Å². The number of benzene rings is 2. The van der Waals surface area contributed by atoms with Crippen LogP contribution in [0.4, 0.5) is 30.2 Å². The predicted octanol–water partition coefficient (Wildman–Crippen LogP) is 5.85. The summed E-state index contributed by atoms with van der Waals surface area (Å²) in [6.07, 6.45) is -3.73. The Hall–Kier alpha value is -3.02. The number of pyridine rings is 1. The van der Waals surface area contributed by atoms with Crippen LogP contribution >= 0.6 is 23.2 Å². The third-order valence-corrected chi connectivity index (χ3v) is 6.64. The molecule has 7 nitrogen and oxygen atoms in total. The summed E-state index contributed by atoms with van der Waals surface area (Å²) in [6, 6.07) is 9.35. The van der Waals surface area contributed by atoms with Crippen molar-refractivity contribution >= 4 is 56.2 Å². The van der Waals surface area contributed by atoms with Crippen molar-refractivity contribution in [2.75, 3.05) is 15.4 Å². The molecule has 0 radical (unpaired) electrons. The van der Waals surface area contributed by atoms with Gasteiger partial charge in [0.05, 0.1) is 26.2 Å². The number of hydrogen-bond donors (Lipinski definition) is 2. The van der Waals surface area contributed by atoms with Crippen LogP contribution in [0.2, 0.25) is 10.0 Å². The molecular weight excluding hydrogens is 528 g/mol.